The van der Waals surface area contributed by atoms with E-state index in [0.29, 0.717) is 16.8 Å². The van der Waals surface area contributed by atoms with Crippen LogP contribution in [0.4, 0.5) is 5.69 Å². The van der Waals surface area contributed by atoms with Gasteiger partial charge in [0.25, 0.3) is 5.91 Å². The lowest BCUT2D eigenvalue weighted by molar-refractivity contribution is 0.0698. The van der Waals surface area contributed by atoms with Crippen molar-refractivity contribution >= 4 is 17.6 Å². The highest BCUT2D eigenvalue weighted by Crippen LogP contribution is 2.23. The minimum Gasteiger partial charge on any atom is -0.478 e. The number of carbonyl (C=O) groups is 2. The zero-order chi connectivity index (χ0) is 17.8. The van der Waals surface area contributed by atoms with Crippen LogP contribution in [0.3, 0.4) is 0 Å². The van der Waals surface area contributed by atoms with Gasteiger partial charge in [0.1, 0.15) is 0 Å². The second-order valence-electron chi connectivity index (χ2n) is 5.70. The van der Waals surface area contributed by atoms with E-state index >= 15 is 0 Å². The van der Waals surface area contributed by atoms with Crippen molar-refractivity contribution in [3.8, 4) is 11.1 Å². The number of hydrogen-bond acceptors (Lipinski definition) is 2. The maximum atomic E-state index is 12.5. The van der Waals surface area contributed by atoms with Crippen LogP contribution in [0, 0.1) is 6.92 Å². The van der Waals surface area contributed by atoms with Gasteiger partial charge in [0.15, 0.2) is 0 Å². The first-order valence-corrected chi connectivity index (χ1v) is 7.86. The largest absolute Gasteiger partial charge is 0.478 e. The molecule has 0 saturated carbocycles. The van der Waals surface area contributed by atoms with Crippen LogP contribution in [-0.4, -0.2) is 17.0 Å². The molecule has 0 saturated heterocycles. The van der Waals surface area contributed by atoms with Gasteiger partial charge in [0.2, 0.25) is 0 Å². The molecule has 124 valence electrons. The highest BCUT2D eigenvalue weighted by molar-refractivity contribution is 6.08. The third kappa shape index (κ3) is 3.58. The number of amides is 1. The van der Waals surface area contributed by atoms with E-state index < -0.39 is 5.97 Å². The lowest BCUT2D eigenvalue weighted by Gasteiger charge is -2.12. The van der Waals surface area contributed by atoms with Gasteiger partial charge in [-0.25, -0.2) is 4.79 Å². The minimum atomic E-state index is -1.07. The molecule has 0 aliphatic carbocycles. The molecule has 0 heterocycles. The second-order valence-corrected chi connectivity index (χ2v) is 5.70. The van der Waals surface area contributed by atoms with Crippen LogP contribution in [0.25, 0.3) is 11.1 Å². The number of aryl methyl sites for hydroxylation is 1. The van der Waals surface area contributed by atoms with Crippen molar-refractivity contribution in [3.05, 3.63) is 89.5 Å². The average Bonchev–Trinajstić information content (AvgIpc) is 2.64. The van der Waals surface area contributed by atoms with Crippen LogP contribution in [0.2, 0.25) is 0 Å². The fraction of sp³-hybridized carbons (Fsp3) is 0.0476. The number of carboxylic acids is 1. The van der Waals surface area contributed by atoms with Crippen molar-refractivity contribution in [1.82, 2.24) is 0 Å². The summed E-state index contributed by atoms with van der Waals surface area (Å²) in [6.07, 6.45) is 0. The fourth-order valence-electron chi connectivity index (χ4n) is 2.64. The molecule has 0 unspecified atom stereocenters. The molecule has 4 nitrogen and oxygen atoms in total. The molecule has 0 bridgehead atoms. The van der Waals surface area contributed by atoms with Crippen molar-refractivity contribution in [1.29, 1.82) is 0 Å². The number of hydrogen-bond donors (Lipinski definition) is 2. The molecule has 1 amide bonds. The standard InChI is InChI=1S/C21H17NO3/c1-14-6-5-9-18(21(24)25)19(14)22-20(23)17-12-10-16(11-13-17)15-7-3-2-4-8-15/h2-13H,1H3,(H,22,23)(H,24,25). The molecule has 2 N–H and O–H groups in total. The van der Waals surface area contributed by atoms with E-state index in [9.17, 15) is 14.7 Å². The summed E-state index contributed by atoms with van der Waals surface area (Å²) in [5.41, 5.74) is 3.66. The van der Waals surface area contributed by atoms with E-state index in [4.69, 9.17) is 0 Å². The van der Waals surface area contributed by atoms with Crippen LogP contribution < -0.4 is 5.32 Å². The number of benzene rings is 3. The van der Waals surface area contributed by atoms with E-state index in [0.717, 1.165) is 11.1 Å². The van der Waals surface area contributed by atoms with Crippen LogP contribution in [-0.2, 0) is 0 Å². The highest BCUT2D eigenvalue weighted by Gasteiger charge is 2.15. The molecule has 3 aromatic rings. The van der Waals surface area contributed by atoms with Crippen LogP contribution in [0.1, 0.15) is 26.3 Å². The predicted molar refractivity (Wildman–Crippen MR) is 98.0 cm³/mol. The van der Waals surface area contributed by atoms with Gasteiger partial charge in [-0.2, -0.15) is 0 Å². The first kappa shape index (κ1) is 16.5. The van der Waals surface area contributed by atoms with Crippen LogP contribution in [0.5, 0.6) is 0 Å². The highest BCUT2D eigenvalue weighted by atomic mass is 16.4. The maximum Gasteiger partial charge on any atom is 0.337 e. The molecule has 0 atom stereocenters. The summed E-state index contributed by atoms with van der Waals surface area (Å²) in [6.45, 7) is 1.76. The fourth-order valence-corrected chi connectivity index (χ4v) is 2.64. The van der Waals surface area contributed by atoms with Gasteiger partial charge in [-0.15, -0.1) is 0 Å². The molecule has 3 rings (SSSR count). The first-order valence-electron chi connectivity index (χ1n) is 7.86. The molecule has 0 fully saturated rings. The predicted octanol–water partition coefficient (Wildman–Crippen LogP) is 4.61. The zero-order valence-electron chi connectivity index (χ0n) is 13.7. The molecular weight excluding hydrogens is 314 g/mol. The summed E-state index contributed by atoms with van der Waals surface area (Å²) in [7, 11) is 0. The lowest BCUT2D eigenvalue weighted by Crippen LogP contribution is -2.15. The van der Waals surface area contributed by atoms with Crippen molar-refractivity contribution in [2.45, 2.75) is 6.92 Å². The number of carbonyl (C=O) groups excluding carboxylic acids is 1. The van der Waals surface area contributed by atoms with Crippen molar-refractivity contribution in [2.24, 2.45) is 0 Å². The Bertz CT molecular complexity index is 916. The topological polar surface area (TPSA) is 66.4 Å². The van der Waals surface area contributed by atoms with Crippen molar-refractivity contribution < 1.29 is 14.7 Å². The Morgan fingerprint density at radius 2 is 1.44 bits per heavy atom. The van der Waals surface area contributed by atoms with E-state index in [1.165, 1.54) is 6.07 Å². The van der Waals surface area contributed by atoms with Gasteiger partial charge in [-0.05, 0) is 41.8 Å². The molecule has 0 aliphatic heterocycles. The van der Waals surface area contributed by atoms with E-state index in [1.54, 1.807) is 31.2 Å². The van der Waals surface area contributed by atoms with Gasteiger partial charge < -0.3 is 10.4 Å². The van der Waals surface area contributed by atoms with E-state index in [1.807, 2.05) is 42.5 Å². The first-order chi connectivity index (χ1) is 12.1. The Balaban J connectivity index is 1.84. The number of nitrogens with one attached hydrogen (secondary N) is 1. The number of anilines is 1. The molecular formula is C21H17NO3. The summed E-state index contributed by atoms with van der Waals surface area (Å²) in [5.74, 6) is -1.41. The summed E-state index contributed by atoms with van der Waals surface area (Å²) < 4.78 is 0. The Hall–Kier alpha value is -3.40. The van der Waals surface area contributed by atoms with Gasteiger partial charge in [-0.3, -0.25) is 4.79 Å². The molecule has 25 heavy (non-hydrogen) atoms. The molecule has 0 aliphatic rings. The van der Waals surface area contributed by atoms with Gasteiger partial charge in [-0.1, -0.05) is 54.6 Å². The third-order valence-electron chi connectivity index (χ3n) is 4.00. The maximum absolute atomic E-state index is 12.5. The molecule has 3 aromatic carbocycles. The minimum absolute atomic E-state index is 0.0780. The molecule has 0 spiro atoms. The quantitative estimate of drug-likeness (QED) is 0.733. The molecule has 0 radical (unpaired) electrons. The number of rotatable bonds is 4. The van der Waals surface area contributed by atoms with Gasteiger partial charge >= 0.3 is 5.97 Å². The molecule has 0 aromatic heterocycles. The van der Waals surface area contributed by atoms with E-state index in [2.05, 4.69) is 5.32 Å². The lowest BCUT2D eigenvalue weighted by atomic mass is 10.0. The summed E-state index contributed by atoms with van der Waals surface area (Å²) >= 11 is 0. The van der Waals surface area contributed by atoms with Gasteiger partial charge in [0.05, 0.1) is 11.3 Å². The average molecular weight is 331 g/mol. The Morgan fingerprint density at radius 1 is 0.800 bits per heavy atom. The summed E-state index contributed by atoms with van der Waals surface area (Å²) in [6, 6.07) is 22.0. The Morgan fingerprint density at radius 3 is 2.08 bits per heavy atom. The van der Waals surface area contributed by atoms with Crippen LogP contribution >= 0.6 is 0 Å². The third-order valence-corrected chi connectivity index (χ3v) is 4.00. The van der Waals surface area contributed by atoms with Crippen LogP contribution in [0.15, 0.2) is 72.8 Å². The van der Waals surface area contributed by atoms with Gasteiger partial charge in [0, 0.05) is 5.56 Å². The van der Waals surface area contributed by atoms with Crippen molar-refractivity contribution in [3.63, 3.8) is 0 Å². The Labute approximate surface area is 145 Å². The molecule has 4 heteroatoms. The zero-order valence-corrected chi connectivity index (χ0v) is 13.7. The summed E-state index contributed by atoms with van der Waals surface area (Å²) in [5, 5.41) is 12.0. The summed E-state index contributed by atoms with van der Waals surface area (Å²) in [4.78, 5) is 23.8. The second kappa shape index (κ2) is 7.01. The normalized spacial score (nSPS) is 10.3. The monoisotopic (exact) mass is 331 g/mol. The smallest absolute Gasteiger partial charge is 0.337 e. The SMILES string of the molecule is Cc1cccc(C(=O)O)c1NC(=O)c1ccc(-c2ccccc2)cc1. The van der Waals surface area contributed by atoms with E-state index in [-0.39, 0.29) is 11.5 Å². The van der Waals surface area contributed by atoms with Crippen molar-refractivity contribution in [2.75, 3.05) is 5.32 Å². The number of aromatic carboxylic acids is 1. The number of carboxylic acid groups (broad SMARTS) is 1. The Kier molecular flexibility index (Phi) is 4.61. The number of para-hydroxylation sites is 1.